The van der Waals surface area contributed by atoms with Crippen molar-refractivity contribution in [1.82, 2.24) is 0 Å². The first-order valence-electron chi connectivity index (χ1n) is 6.53. The number of nitrogens with two attached hydrogens (primary N) is 1. The minimum absolute atomic E-state index is 0.0189. The second-order valence-electron chi connectivity index (χ2n) is 4.26. The van der Waals surface area contributed by atoms with Crippen molar-refractivity contribution in [3.63, 3.8) is 0 Å². The first-order chi connectivity index (χ1) is 9.61. The van der Waals surface area contributed by atoms with Gasteiger partial charge in [0.05, 0.1) is 5.69 Å². The molecular weight excluding hydrogens is 258 g/mol. The number of para-hydroxylation sites is 1. The van der Waals surface area contributed by atoms with Crippen LogP contribution in [-0.4, -0.2) is 37.2 Å². The number of amidine groups is 1. The van der Waals surface area contributed by atoms with Crippen LogP contribution in [-0.2, 0) is 9.53 Å². The average Bonchev–Trinajstić information content (AvgIpc) is 2.49. The van der Waals surface area contributed by atoms with Gasteiger partial charge in [-0.25, -0.2) is 0 Å². The van der Waals surface area contributed by atoms with Crippen molar-refractivity contribution in [1.29, 1.82) is 0 Å². The number of benzene rings is 1. The number of carbonyl (C=O) groups excluding carboxylic acids is 1. The Kier molecular flexibility index (Phi) is 6.52. The SMILES string of the molecule is CCOCCCC(=O)N(C)c1ccccc1/C(N)=N/O. The van der Waals surface area contributed by atoms with Crippen molar-refractivity contribution >= 4 is 17.4 Å². The molecular formula is C14H21N3O3. The third-order valence-corrected chi connectivity index (χ3v) is 2.91. The van der Waals surface area contributed by atoms with Crippen molar-refractivity contribution < 1.29 is 14.7 Å². The predicted octanol–water partition coefficient (Wildman–Crippen LogP) is 1.56. The average molecular weight is 279 g/mol. The molecule has 20 heavy (non-hydrogen) atoms. The molecule has 0 saturated heterocycles. The first-order valence-corrected chi connectivity index (χ1v) is 6.53. The maximum Gasteiger partial charge on any atom is 0.226 e. The molecule has 0 spiro atoms. The molecule has 0 aliphatic rings. The van der Waals surface area contributed by atoms with Crippen LogP contribution in [0, 0.1) is 0 Å². The number of ether oxygens (including phenoxy) is 1. The molecule has 0 atom stereocenters. The number of oxime groups is 1. The molecule has 0 fully saturated rings. The monoisotopic (exact) mass is 279 g/mol. The van der Waals surface area contributed by atoms with Gasteiger partial charge in [-0.05, 0) is 25.5 Å². The van der Waals surface area contributed by atoms with E-state index in [4.69, 9.17) is 15.7 Å². The van der Waals surface area contributed by atoms with Crippen LogP contribution in [0.1, 0.15) is 25.3 Å². The first kappa shape index (κ1) is 16.0. The largest absolute Gasteiger partial charge is 0.409 e. The Morgan fingerprint density at radius 2 is 2.15 bits per heavy atom. The quantitative estimate of drug-likeness (QED) is 0.261. The van der Waals surface area contributed by atoms with Crippen molar-refractivity contribution in [2.45, 2.75) is 19.8 Å². The van der Waals surface area contributed by atoms with E-state index >= 15 is 0 Å². The normalized spacial score (nSPS) is 11.4. The molecule has 0 aromatic heterocycles. The van der Waals surface area contributed by atoms with Gasteiger partial charge in [0.15, 0.2) is 5.84 Å². The number of hydrogen-bond donors (Lipinski definition) is 2. The highest BCUT2D eigenvalue weighted by atomic mass is 16.5. The van der Waals surface area contributed by atoms with Crippen LogP contribution in [0.5, 0.6) is 0 Å². The molecule has 0 bridgehead atoms. The van der Waals surface area contributed by atoms with E-state index in [-0.39, 0.29) is 11.7 Å². The third kappa shape index (κ3) is 4.24. The summed E-state index contributed by atoms with van der Waals surface area (Å²) >= 11 is 0. The number of hydrogen-bond acceptors (Lipinski definition) is 4. The summed E-state index contributed by atoms with van der Waals surface area (Å²) in [5.41, 5.74) is 6.75. The number of anilines is 1. The highest BCUT2D eigenvalue weighted by Gasteiger charge is 2.15. The number of amides is 1. The minimum atomic E-state index is -0.0390. The smallest absolute Gasteiger partial charge is 0.226 e. The highest BCUT2D eigenvalue weighted by Crippen LogP contribution is 2.20. The van der Waals surface area contributed by atoms with Gasteiger partial charge < -0.3 is 20.6 Å². The van der Waals surface area contributed by atoms with Crippen LogP contribution in [0.15, 0.2) is 29.4 Å². The lowest BCUT2D eigenvalue weighted by Crippen LogP contribution is -2.29. The van der Waals surface area contributed by atoms with Crippen LogP contribution in [0.3, 0.4) is 0 Å². The van der Waals surface area contributed by atoms with Crippen molar-refractivity contribution in [3.05, 3.63) is 29.8 Å². The van der Waals surface area contributed by atoms with Crippen molar-refractivity contribution in [3.8, 4) is 0 Å². The van der Waals surface area contributed by atoms with Crippen LogP contribution in [0.4, 0.5) is 5.69 Å². The molecule has 1 aromatic rings. The predicted molar refractivity (Wildman–Crippen MR) is 78.1 cm³/mol. The van der Waals surface area contributed by atoms with Gasteiger partial charge in [-0.3, -0.25) is 4.79 Å². The zero-order valence-electron chi connectivity index (χ0n) is 11.9. The zero-order valence-corrected chi connectivity index (χ0v) is 11.9. The summed E-state index contributed by atoms with van der Waals surface area (Å²) in [5, 5.41) is 11.8. The highest BCUT2D eigenvalue weighted by molar-refractivity contribution is 6.06. The fourth-order valence-electron chi connectivity index (χ4n) is 1.81. The summed E-state index contributed by atoms with van der Waals surface area (Å²) in [6.07, 6.45) is 1.06. The van der Waals surface area contributed by atoms with Gasteiger partial charge in [-0.15, -0.1) is 0 Å². The minimum Gasteiger partial charge on any atom is -0.409 e. The fourth-order valence-corrected chi connectivity index (χ4v) is 1.81. The van der Waals surface area contributed by atoms with E-state index < -0.39 is 0 Å². The Morgan fingerprint density at radius 1 is 1.45 bits per heavy atom. The van der Waals surface area contributed by atoms with E-state index in [9.17, 15) is 4.79 Å². The van der Waals surface area contributed by atoms with Gasteiger partial charge in [-0.1, -0.05) is 17.3 Å². The zero-order chi connectivity index (χ0) is 15.0. The summed E-state index contributed by atoms with van der Waals surface area (Å²) in [7, 11) is 1.67. The van der Waals surface area contributed by atoms with E-state index in [1.807, 2.05) is 6.92 Å². The summed E-state index contributed by atoms with van der Waals surface area (Å²) < 4.78 is 5.21. The van der Waals surface area contributed by atoms with Crippen LogP contribution in [0.25, 0.3) is 0 Å². The summed E-state index contributed by atoms with van der Waals surface area (Å²) in [6.45, 7) is 3.13. The maximum atomic E-state index is 12.1. The van der Waals surface area contributed by atoms with Crippen LogP contribution < -0.4 is 10.6 Å². The van der Waals surface area contributed by atoms with Gasteiger partial charge in [0, 0.05) is 32.2 Å². The molecule has 0 aliphatic heterocycles. The molecule has 1 aromatic carbocycles. The standard InChI is InChI=1S/C14H21N3O3/c1-3-20-10-6-9-13(18)17(2)12-8-5-4-7-11(12)14(15)16-19/h4-5,7-8,19H,3,6,9-10H2,1-2H3,(H2,15,16). The van der Waals surface area contributed by atoms with Crippen LogP contribution in [0.2, 0.25) is 0 Å². The summed E-state index contributed by atoms with van der Waals surface area (Å²) in [4.78, 5) is 13.6. The van der Waals surface area contributed by atoms with Gasteiger partial charge in [0.2, 0.25) is 5.91 Å². The van der Waals surface area contributed by atoms with E-state index in [0.29, 0.717) is 37.3 Å². The fraction of sp³-hybridized carbons (Fsp3) is 0.429. The van der Waals surface area contributed by atoms with Gasteiger partial charge >= 0.3 is 0 Å². The molecule has 0 saturated carbocycles. The molecule has 1 rings (SSSR count). The van der Waals surface area contributed by atoms with E-state index in [0.717, 1.165) is 0 Å². The van der Waals surface area contributed by atoms with E-state index in [1.54, 1.807) is 31.3 Å². The molecule has 0 aliphatic carbocycles. The lowest BCUT2D eigenvalue weighted by Gasteiger charge is -2.20. The molecule has 1 amide bonds. The second-order valence-corrected chi connectivity index (χ2v) is 4.26. The Balaban J connectivity index is 2.76. The summed E-state index contributed by atoms with van der Waals surface area (Å²) in [6, 6.07) is 7.03. The molecule has 110 valence electrons. The number of nitrogens with zero attached hydrogens (tertiary/aromatic N) is 2. The van der Waals surface area contributed by atoms with Crippen molar-refractivity contribution in [2.24, 2.45) is 10.9 Å². The van der Waals surface area contributed by atoms with Gasteiger partial charge in [-0.2, -0.15) is 0 Å². The molecule has 0 unspecified atom stereocenters. The number of rotatable bonds is 7. The van der Waals surface area contributed by atoms with E-state index in [2.05, 4.69) is 5.16 Å². The van der Waals surface area contributed by atoms with Gasteiger partial charge in [0.25, 0.3) is 0 Å². The Labute approximate surface area is 118 Å². The summed E-state index contributed by atoms with van der Waals surface area (Å²) in [5.74, 6) is -0.0579. The van der Waals surface area contributed by atoms with Crippen molar-refractivity contribution in [2.75, 3.05) is 25.2 Å². The Morgan fingerprint density at radius 3 is 2.80 bits per heavy atom. The number of carbonyl (C=O) groups is 1. The topological polar surface area (TPSA) is 88.2 Å². The molecule has 0 heterocycles. The third-order valence-electron chi connectivity index (χ3n) is 2.91. The second kappa shape index (κ2) is 8.16. The Bertz CT molecular complexity index is 474. The maximum absolute atomic E-state index is 12.1. The molecule has 3 N–H and O–H groups in total. The molecule has 6 nitrogen and oxygen atoms in total. The van der Waals surface area contributed by atoms with E-state index in [1.165, 1.54) is 4.90 Å². The lowest BCUT2D eigenvalue weighted by molar-refractivity contribution is -0.118. The molecule has 6 heteroatoms. The lowest BCUT2D eigenvalue weighted by atomic mass is 10.1. The Hall–Kier alpha value is -2.08. The van der Waals surface area contributed by atoms with Gasteiger partial charge in [0.1, 0.15) is 0 Å². The van der Waals surface area contributed by atoms with Crippen LogP contribution >= 0.6 is 0 Å². The molecule has 0 radical (unpaired) electrons.